The third kappa shape index (κ3) is 3.91. The van der Waals surface area contributed by atoms with Crippen molar-refractivity contribution in [3.05, 3.63) is 0 Å². The van der Waals surface area contributed by atoms with Crippen LogP contribution in [0.3, 0.4) is 0 Å². The second-order valence-electron chi connectivity index (χ2n) is 5.27. The highest BCUT2D eigenvalue weighted by Gasteiger charge is 2.66. The molecule has 128 valence electrons. The van der Waals surface area contributed by atoms with Gasteiger partial charge < -0.3 is 10.1 Å². The van der Waals surface area contributed by atoms with Crippen molar-refractivity contribution in [1.29, 1.82) is 0 Å². The third-order valence-corrected chi connectivity index (χ3v) is 3.61. The van der Waals surface area contributed by atoms with Crippen molar-refractivity contribution in [2.75, 3.05) is 19.7 Å². The molecule has 1 rings (SSSR count). The monoisotopic (exact) mass is 324 g/mol. The minimum Gasteiger partial charge on any atom is -0.463 e. The number of amides is 1. The van der Waals surface area contributed by atoms with E-state index in [9.17, 15) is 22.8 Å². The molecule has 1 heterocycles. The summed E-state index contributed by atoms with van der Waals surface area (Å²) in [5.74, 6) is -2.27. The first-order valence-electron chi connectivity index (χ1n) is 7.59. The van der Waals surface area contributed by atoms with Gasteiger partial charge in [-0.25, -0.2) is 4.79 Å². The Morgan fingerprint density at radius 2 is 1.73 bits per heavy atom. The third-order valence-electron chi connectivity index (χ3n) is 3.61. The smallest absolute Gasteiger partial charge is 0.436 e. The minimum atomic E-state index is -4.96. The molecule has 0 radical (unpaired) electrons. The second-order valence-corrected chi connectivity index (χ2v) is 5.27. The molecular weight excluding hydrogens is 301 g/mol. The molecule has 1 N–H and O–H groups in total. The average molecular weight is 324 g/mol. The van der Waals surface area contributed by atoms with Crippen LogP contribution in [0.5, 0.6) is 0 Å². The van der Waals surface area contributed by atoms with Gasteiger partial charge >= 0.3 is 12.1 Å². The van der Waals surface area contributed by atoms with Gasteiger partial charge in [-0.2, -0.15) is 13.2 Å². The van der Waals surface area contributed by atoms with Gasteiger partial charge in [-0.15, -0.1) is 0 Å². The SMILES string of the molecule is CCCC(=O)N[C@](C(=O)OCC)(N1CCCCC1)C(F)(F)F. The van der Waals surface area contributed by atoms with Gasteiger partial charge in [0.05, 0.1) is 6.61 Å². The fourth-order valence-corrected chi connectivity index (χ4v) is 2.58. The van der Waals surface area contributed by atoms with Crippen LogP contribution in [-0.4, -0.2) is 48.3 Å². The van der Waals surface area contributed by atoms with Gasteiger partial charge in [0.2, 0.25) is 5.91 Å². The first-order chi connectivity index (χ1) is 10.3. The lowest BCUT2D eigenvalue weighted by Crippen LogP contribution is -2.74. The summed E-state index contributed by atoms with van der Waals surface area (Å²) in [5, 5.41) is 1.91. The summed E-state index contributed by atoms with van der Waals surface area (Å²) in [6.07, 6.45) is -2.76. The Hall–Kier alpha value is -1.31. The van der Waals surface area contributed by atoms with Crippen LogP contribution in [0, 0.1) is 0 Å². The highest BCUT2D eigenvalue weighted by Crippen LogP contribution is 2.36. The number of nitrogens with one attached hydrogen (secondary N) is 1. The van der Waals surface area contributed by atoms with Crippen molar-refractivity contribution < 1.29 is 27.5 Å². The number of carbonyl (C=O) groups is 2. The van der Waals surface area contributed by atoms with E-state index in [-0.39, 0.29) is 26.1 Å². The molecule has 1 atom stereocenters. The second kappa shape index (κ2) is 7.80. The number of carbonyl (C=O) groups excluding carboxylic acids is 2. The van der Waals surface area contributed by atoms with E-state index in [2.05, 4.69) is 4.74 Å². The molecule has 0 saturated carbocycles. The predicted molar refractivity (Wildman–Crippen MR) is 73.9 cm³/mol. The van der Waals surface area contributed by atoms with Crippen molar-refractivity contribution >= 4 is 11.9 Å². The molecule has 0 aliphatic carbocycles. The lowest BCUT2D eigenvalue weighted by atomic mass is 10.0. The van der Waals surface area contributed by atoms with E-state index >= 15 is 0 Å². The van der Waals surface area contributed by atoms with Gasteiger partial charge in [-0.3, -0.25) is 9.69 Å². The van der Waals surface area contributed by atoms with Crippen molar-refractivity contribution in [3.63, 3.8) is 0 Å². The topological polar surface area (TPSA) is 58.6 Å². The van der Waals surface area contributed by atoms with Gasteiger partial charge in [0.25, 0.3) is 5.66 Å². The van der Waals surface area contributed by atoms with E-state index in [4.69, 9.17) is 0 Å². The quantitative estimate of drug-likeness (QED) is 0.761. The van der Waals surface area contributed by atoms with E-state index in [0.717, 1.165) is 11.3 Å². The van der Waals surface area contributed by atoms with Crippen molar-refractivity contribution in [2.24, 2.45) is 0 Å². The number of ether oxygens (including phenoxy) is 1. The zero-order valence-electron chi connectivity index (χ0n) is 13.0. The predicted octanol–water partition coefficient (Wildman–Crippen LogP) is 2.21. The number of hydrogen-bond donors (Lipinski definition) is 1. The first kappa shape index (κ1) is 18.7. The molecule has 0 unspecified atom stereocenters. The summed E-state index contributed by atoms with van der Waals surface area (Å²) in [7, 11) is 0. The molecule has 22 heavy (non-hydrogen) atoms. The highest BCUT2D eigenvalue weighted by molar-refractivity contribution is 5.88. The lowest BCUT2D eigenvalue weighted by molar-refractivity contribution is -0.251. The molecule has 0 aromatic rings. The Labute approximate surface area is 128 Å². The molecular formula is C14H23F3N2O3. The Morgan fingerprint density at radius 1 is 1.14 bits per heavy atom. The first-order valence-corrected chi connectivity index (χ1v) is 7.59. The lowest BCUT2D eigenvalue weighted by Gasteiger charge is -2.44. The summed E-state index contributed by atoms with van der Waals surface area (Å²) in [4.78, 5) is 25.0. The molecule has 8 heteroatoms. The molecule has 0 aromatic carbocycles. The van der Waals surface area contributed by atoms with Crippen LogP contribution in [0.2, 0.25) is 0 Å². The standard InChI is InChI=1S/C14H23F3N2O3/c1-3-8-11(20)18-13(14(15,16)17,12(21)22-4-2)19-9-6-5-7-10-19/h3-10H2,1-2H3,(H,18,20)/t13-/m1/s1. The number of piperidine rings is 1. The van der Waals surface area contributed by atoms with Crippen LogP contribution in [-0.2, 0) is 14.3 Å². The number of halogens is 3. The van der Waals surface area contributed by atoms with E-state index < -0.39 is 23.7 Å². The molecule has 1 aliphatic heterocycles. The molecule has 0 aromatic heterocycles. The Morgan fingerprint density at radius 3 is 2.18 bits per heavy atom. The molecule has 1 aliphatic rings. The summed E-state index contributed by atoms with van der Waals surface area (Å²) in [6, 6.07) is 0. The van der Waals surface area contributed by atoms with E-state index in [1.165, 1.54) is 6.92 Å². The fourth-order valence-electron chi connectivity index (χ4n) is 2.58. The Balaban J connectivity index is 3.22. The Bertz CT molecular complexity index is 395. The van der Waals surface area contributed by atoms with Crippen LogP contribution in [0.25, 0.3) is 0 Å². The van der Waals surface area contributed by atoms with Crippen LogP contribution >= 0.6 is 0 Å². The highest BCUT2D eigenvalue weighted by atomic mass is 19.4. The summed E-state index contributed by atoms with van der Waals surface area (Å²) < 4.78 is 46.0. The van der Waals surface area contributed by atoms with Gasteiger partial charge in [0.1, 0.15) is 0 Å². The molecule has 0 bridgehead atoms. The zero-order valence-corrected chi connectivity index (χ0v) is 13.0. The average Bonchev–Trinajstić information content (AvgIpc) is 2.45. The summed E-state index contributed by atoms with van der Waals surface area (Å²) in [5.41, 5.74) is -3.09. The number of nitrogens with zero attached hydrogens (tertiary/aromatic N) is 1. The molecule has 1 fully saturated rings. The van der Waals surface area contributed by atoms with E-state index in [1.807, 2.05) is 5.32 Å². The van der Waals surface area contributed by atoms with Crippen LogP contribution in [0.15, 0.2) is 0 Å². The zero-order chi connectivity index (χ0) is 16.8. The number of likely N-dealkylation sites (tertiary alicyclic amines) is 1. The van der Waals surface area contributed by atoms with Crippen LogP contribution < -0.4 is 5.32 Å². The van der Waals surface area contributed by atoms with Gasteiger partial charge in [-0.1, -0.05) is 13.3 Å². The van der Waals surface area contributed by atoms with Crippen LogP contribution in [0.1, 0.15) is 46.0 Å². The summed E-state index contributed by atoms with van der Waals surface area (Å²) >= 11 is 0. The molecule has 0 spiro atoms. The Kier molecular flexibility index (Phi) is 6.65. The summed E-state index contributed by atoms with van der Waals surface area (Å²) in [6.45, 7) is 3.10. The van der Waals surface area contributed by atoms with Gasteiger partial charge in [-0.05, 0) is 26.2 Å². The number of alkyl halides is 3. The number of hydrogen-bond acceptors (Lipinski definition) is 4. The van der Waals surface area contributed by atoms with Crippen molar-refractivity contribution in [2.45, 2.75) is 57.8 Å². The maximum atomic E-state index is 13.8. The number of esters is 1. The maximum Gasteiger partial charge on any atom is 0.436 e. The fraction of sp³-hybridized carbons (Fsp3) is 0.857. The van der Waals surface area contributed by atoms with Crippen molar-refractivity contribution in [3.8, 4) is 0 Å². The molecule has 1 amide bonds. The molecule has 5 nitrogen and oxygen atoms in total. The molecule has 1 saturated heterocycles. The normalized spacial score (nSPS) is 19.3. The maximum absolute atomic E-state index is 13.8. The largest absolute Gasteiger partial charge is 0.463 e. The number of rotatable bonds is 6. The van der Waals surface area contributed by atoms with Crippen LogP contribution in [0.4, 0.5) is 13.2 Å². The minimum absolute atomic E-state index is 0.0783. The van der Waals surface area contributed by atoms with Gasteiger partial charge in [0.15, 0.2) is 0 Å². The van der Waals surface area contributed by atoms with E-state index in [0.29, 0.717) is 19.3 Å². The van der Waals surface area contributed by atoms with Crippen molar-refractivity contribution in [1.82, 2.24) is 10.2 Å². The van der Waals surface area contributed by atoms with E-state index in [1.54, 1.807) is 6.92 Å². The van der Waals surface area contributed by atoms with Gasteiger partial charge in [0, 0.05) is 19.5 Å².